The van der Waals surface area contributed by atoms with Gasteiger partial charge in [0.25, 0.3) is 0 Å². The highest BCUT2D eigenvalue weighted by Crippen LogP contribution is 2.31. The monoisotopic (exact) mass is 409 g/mol. The fraction of sp³-hybridized carbons (Fsp3) is 0.235. The Morgan fingerprint density at radius 2 is 1.86 bits per heavy atom. The van der Waals surface area contributed by atoms with Crippen molar-refractivity contribution >= 4 is 34.2 Å². The fourth-order valence-electron chi connectivity index (χ4n) is 2.28. The summed E-state index contributed by atoms with van der Waals surface area (Å²) in [7, 11) is 0. The van der Waals surface area contributed by atoms with Gasteiger partial charge in [0, 0.05) is 9.99 Å². The van der Waals surface area contributed by atoms with Crippen LogP contribution >= 0.6 is 22.6 Å². The van der Waals surface area contributed by atoms with Crippen LogP contribution in [0.15, 0.2) is 42.5 Å². The average molecular weight is 409 g/mol. The normalized spacial score (nSPS) is 12.8. The van der Waals surface area contributed by atoms with E-state index >= 15 is 0 Å². The van der Waals surface area contributed by atoms with Gasteiger partial charge in [0.1, 0.15) is 13.2 Å². The maximum Gasteiger partial charge on any atom is 0.224 e. The van der Waals surface area contributed by atoms with Gasteiger partial charge >= 0.3 is 0 Å². The molecule has 2 aromatic rings. The molecule has 0 aromatic heterocycles. The largest absolute Gasteiger partial charge is 0.486 e. The minimum Gasteiger partial charge on any atom is -0.486 e. The number of hydrogen-bond acceptors (Lipinski definition) is 3. The van der Waals surface area contributed by atoms with E-state index in [1.54, 1.807) is 0 Å². The van der Waals surface area contributed by atoms with E-state index in [0.717, 1.165) is 26.3 Å². The van der Waals surface area contributed by atoms with E-state index in [1.807, 2.05) is 42.5 Å². The van der Waals surface area contributed by atoms with Gasteiger partial charge in [0.15, 0.2) is 11.5 Å². The molecule has 0 aliphatic carbocycles. The van der Waals surface area contributed by atoms with E-state index in [1.165, 1.54) is 0 Å². The number of para-hydroxylation sites is 1. The van der Waals surface area contributed by atoms with Gasteiger partial charge in [-0.3, -0.25) is 4.79 Å². The molecule has 0 spiro atoms. The Hall–Kier alpha value is -1.76. The molecule has 1 aliphatic heterocycles. The molecule has 114 valence electrons. The molecule has 0 unspecified atom stereocenters. The van der Waals surface area contributed by atoms with Gasteiger partial charge in [-0.1, -0.05) is 18.2 Å². The van der Waals surface area contributed by atoms with Crippen LogP contribution in [0.3, 0.4) is 0 Å². The van der Waals surface area contributed by atoms with E-state index in [2.05, 4.69) is 27.9 Å². The number of carbonyl (C=O) groups excluding carboxylic acids is 1. The first-order chi connectivity index (χ1) is 10.7. The number of rotatable bonds is 4. The van der Waals surface area contributed by atoms with Crippen LogP contribution in [0.25, 0.3) is 0 Å². The summed E-state index contributed by atoms with van der Waals surface area (Å²) in [6.07, 6.45) is 1.11. The van der Waals surface area contributed by atoms with E-state index in [9.17, 15) is 4.79 Å². The third-order valence-electron chi connectivity index (χ3n) is 3.40. The molecule has 0 bridgehead atoms. The van der Waals surface area contributed by atoms with Crippen LogP contribution in [0, 0.1) is 3.57 Å². The first-order valence-electron chi connectivity index (χ1n) is 7.15. The first kappa shape index (κ1) is 15.1. The summed E-state index contributed by atoms with van der Waals surface area (Å²) >= 11 is 2.21. The van der Waals surface area contributed by atoms with Crippen LogP contribution in [0.4, 0.5) is 5.69 Å². The predicted molar refractivity (Wildman–Crippen MR) is 93.5 cm³/mol. The van der Waals surface area contributed by atoms with Crippen molar-refractivity contribution in [3.8, 4) is 11.5 Å². The molecule has 0 saturated heterocycles. The van der Waals surface area contributed by atoms with Crippen LogP contribution in [0.1, 0.15) is 12.0 Å². The summed E-state index contributed by atoms with van der Waals surface area (Å²) in [5, 5.41) is 2.94. The van der Waals surface area contributed by atoms with Crippen LogP contribution in [-0.4, -0.2) is 19.1 Å². The second-order valence-corrected chi connectivity index (χ2v) is 6.17. The van der Waals surface area contributed by atoms with Crippen LogP contribution < -0.4 is 14.8 Å². The van der Waals surface area contributed by atoms with Gasteiger partial charge in [-0.25, -0.2) is 0 Å². The molecule has 1 N–H and O–H groups in total. The fourth-order valence-corrected chi connectivity index (χ4v) is 2.80. The molecule has 1 amide bonds. The zero-order valence-corrected chi connectivity index (χ0v) is 14.1. The summed E-state index contributed by atoms with van der Waals surface area (Å²) in [6.45, 7) is 1.16. The zero-order chi connectivity index (χ0) is 15.4. The minimum atomic E-state index is 0.0130. The van der Waals surface area contributed by atoms with E-state index in [-0.39, 0.29) is 5.91 Å². The highest BCUT2D eigenvalue weighted by Gasteiger charge is 2.12. The Morgan fingerprint density at radius 1 is 1.09 bits per heavy atom. The van der Waals surface area contributed by atoms with Gasteiger partial charge in [-0.2, -0.15) is 0 Å². The van der Waals surface area contributed by atoms with E-state index in [4.69, 9.17) is 9.47 Å². The van der Waals surface area contributed by atoms with Crippen molar-refractivity contribution in [3.63, 3.8) is 0 Å². The van der Waals surface area contributed by atoms with Crippen LogP contribution in [0.5, 0.6) is 11.5 Å². The number of benzene rings is 2. The number of aryl methyl sites for hydroxylation is 1. The minimum absolute atomic E-state index is 0.0130. The third kappa shape index (κ3) is 3.71. The van der Waals surface area contributed by atoms with Crippen molar-refractivity contribution in [1.82, 2.24) is 0 Å². The first-order valence-corrected chi connectivity index (χ1v) is 8.23. The molecule has 0 saturated carbocycles. The Kier molecular flexibility index (Phi) is 4.82. The quantitative estimate of drug-likeness (QED) is 0.785. The molecule has 0 radical (unpaired) electrons. The SMILES string of the molecule is O=C(CCc1ccc2c(c1)OCCO2)Nc1ccccc1I. The van der Waals surface area contributed by atoms with Gasteiger partial charge < -0.3 is 14.8 Å². The molecule has 0 atom stereocenters. The van der Waals surface area contributed by atoms with Gasteiger partial charge in [0.2, 0.25) is 5.91 Å². The molecule has 3 rings (SSSR count). The maximum atomic E-state index is 12.1. The van der Waals surface area contributed by atoms with Gasteiger partial charge in [-0.05, 0) is 58.8 Å². The third-order valence-corrected chi connectivity index (χ3v) is 4.34. The predicted octanol–water partition coefficient (Wildman–Crippen LogP) is 3.63. The van der Waals surface area contributed by atoms with Crippen molar-refractivity contribution in [2.45, 2.75) is 12.8 Å². The summed E-state index contributed by atoms with van der Waals surface area (Å²) in [4.78, 5) is 12.1. The molecule has 2 aromatic carbocycles. The lowest BCUT2D eigenvalue weighted by molar-refractivity contribution is -0.116. The number of fused-ring (bicyclic) bond motifs is 1. The lowest BCUT2D eigenvalue weighted by atomic mass is 10.1. The van der Waals surface area contributed by atoms with Crippen molar-refractivity contribution < 1.29 is 14.3 Å². The lowest BCUT2D eigenvalue weighted by Crippen LogP contribution is -2.16. The van der Waals surface area contributed by atoms with Crippen molar-refractivity contribution in [1.29, 1.82) is 0 Å². The van der Waals surface area contributed by atoms with Crippen molar-refractivity contribution in [2.75, 3.05) is 18.5 Å². The Labute approximate surface area is 143 Å². The number of amides is 1. The van der Waals surface area contributed by atoms with Gasteiger partial charge in [0.05, 0.1) is 5.69 Å². The Morgan fingerprint density at radius 3 is 2.68 bits per heavy atom. The number of nitrogens with one attached hydrogen (secondary N) is 1. The van der Waals surface area contributed by atoms with Gasteiger partial charge in [-0.15, -0.1) is 0 Å². The molecular formula is C17H16INO3. The molecule has 22 heavy (non-hydrogen) atoms. The summed E-state index contributed by atoms with van der Waals surface area (Å²) < 4.78 is 12.1. The van der Waals surface area contributed by atoms with Crippen LogP contribution in [0.2, 0.25) is 0 Å². The van der Waals surface area contributed by atoms with Crippen molar-refractivity contribution in [3.05, 3.63) is 51.6 Å². The second kappa shape index (κ2) is 7.00. The highest BCUT2D eigenvalue weighted by molar-refractivity contribution is 14.1. The van der Waals surface area contributed by atoms with E-state index in [0.29, 0.717) is 26.1 Å². The lowest BCUT2D eigenvalue weighted by Gasteiger charge is -2.18. The smallest absolute Gasteiger partial charge is 0.224 e. The molecule has 0 fully saturated rings. The average Bonchev–Trinajstić information content (AvgIpc) is 2.55. The highest BCUT2D eigenvalue weighted by atomic mass is 127. The molecule has 1 heterocycles. The molecular weight excluding hydrogens is 393 g/mol. The number of carbonyl (C=O) groups is 1. The summed E-state index contributed by atoms with van der Waals surface area (Å²) in [5.74, 6) is 1.55. The Balaban J connectivity index is 1.58. The maximum absolute atomic E-state index is 12.1. The second-order valence-electron chi connectivity index (χ2n) is 5.01. The number of anilines is 1. The standard InChI is InChI=1S/C17H16INO3/c18-13-3-1-2-4-14(13)19-17(20)8-6-12-5-7-15-16(11-12)22-10-9-21-15/h1-5,7,11H,6,8-10H2,(H,19,20). The number of ether oxygens (including phenoxy) is 2. The molecule has 5 heteroatoms. The zero-order valence-electron chi connectivity index (χ0n) is 12.0. The molecule has 4 nitrogen and oxygen atoms in total. The topological polar surface area (TPSA) is 47.6 Å². The Bertz CT molecular complexity index is 687. The van der Waals surface area contributed by atoms with Crippen LogP contribution in [-0.2, 0) is 11.2 Å². The van der Waals surface area contributed by atoms with E-state index < -0.39 is 0 Å². The van der Waals surface area contributed by atoms with Crippen molar-refractivity contribution in [2.24, 2.45) is 0 Å². The summed E-state index contributed by atoms with van der Waals surface area (Å²) in [5.41, 5.74) is 1.93. The number of hydrogen-bond donors (Lipinski definition) is 1. The summed E-state index contributed by atoms with van der Waals surface area (Å²) in [6, 6.07) is 13.6. The molecule has 1 aliphatic rings. The number of halogens is 1.